The highest BCUT2D eigenvalue weighted by atomic mass is 16.1. The van der Waals surface area contributed by atoms with Crippen LogP contribution in [0.15, 0.2) is 0 Å². The number of carbonyl (C=O) groups is 1. The van der Waals surface area contributed by atoms with Gasteiger partial charge in [0.1, 0.15) is 0 Å². The quantitative estimate of drug-likeness (QED) is 0.530. The van der Waals surface area contributed by atoms with Crippen molar-refractivity contribution in [2.75, 3.05) is 6.54 Å². The lowest BCUT2D eigenvalue weighted by atomic mass is 9.95. The smallest absolute Gasteiger partial charge is 0.179 e. The molecule has 0 spiro atoms. The Hall–Kier alpha value is -0.920. The van der Waals surface area contributed by atoms with E-state index in [9.17, 15) is 4.79 Å². The summed E-state index contributed by atoms with van der Waals surface area (Å²) < 4.78 is 0. The zero-order valence-electron chi connectivity index (χ0n) is 6.50. The highest BCUT2D eigenvalue weighted by Crippen LogP contribution is 2.26. The van der Waals surface area contributed by atoms with Crippen molar-refractivity contribution in [3.8, 4) is 6.07 Å². The number of Topliss-reactive ketones (excluding diaryl/α,β-unsaturated/α-hetero) is 1. The van der Waals surface area contributed by atoms with Crippen LogP contribution in [0.3, 0.4) is 0 Å². The minimum atomic E-state index is -1.03. The number of rotatable bonds is 1. The molecule has 0 amide bonds. The average Bonchev–Trinajstić information content (AvgIpc) is 2.32. The van der Waals surface area contributed by atoms with Gasteiger partial charge in [-0.1, -0.05) is 0 Å². The largest absolute Gasteiger partial charge is 0.297 e. The number of carbonyl (C=O) groups excluding carboxylic acids is 1. The first kappa shape index (κ1) is 8.18. The molecule has 0 radical (unpaired) electrons. The van der Waals surface area contributed by atoms with Crippen LogP contribution in [0.2, 0.25) is 0 Å². The van der Waals surface area contributed by atoms with Gasteiger partial charge < -0.3 is 0 Å². The van der Waals surface area contributed by atoms with Crippen molar-refractivity contribution in [3.63, 3.8) is 0 Å². The summed E-state index contributed by atoms with van der Waals surface area (Å²) in [6, 6.07) is 1.98. The Labute approximate surface area is 65.5 Å². The Morgan fingerprint density at radius 2 is 2.45 bits per heavy atom. The molecule has 0 aliphatic carbocycles. The molecule has 4 nitrogen and oxygen atoms in total. The maximum atomic E-state index is 11.1. The molecule has 2 N–H and O–H groups in total. The third-order valence-corrected chi connectivity index (χ3v) is 2.20. The van der Waals surface area contributed by atoms with E-state index in [-0.39, 0.29) is 5.78 Å². The van der Waals surface area contributed by atoms with Crippen molar-refractivity contribution in [2.45, 2.75) is 25.3 Å². The maximum absolute atomic E-state index is 11.1. The number of hydrogen-bond donors (Lipinski definition) is 1. The standard InChI is InChI=1S/C7H11N3O/c1-6(11)7(5-8)3-2-4-10(7)9/h2-4,9H2,1H3. The second-order valence-corrected chi connectivity index (χ2v) is 2.83. The second kappa shape index (κ2) is 2.61. The number of ketones is 1. The molecule has 0 aromatic carbocycles. The molecule has 1 saturated heterocycles. The van der Waals surface area contributed by atoms with Crippen LogP contribution < -0.4 is 5.84 Å². The minimum absolute atomic E-state index is 0.153. The van der Waals surface area contributed by atoms with Gasteiger partial charge >= 0.3 is 0 Å². The van der Waals surface area contributed by atoms with Crippen LogP contribution in [-0.2, 0) is 4.79 Å². The van der Waals surface area contributed by atoms with Crippen molar-refractivity contribution in [2.24, 2.45) is 5.84 Å². The van der Waals surface area contributed by atoms with E-state index in [4.69, 9.17) is 11.1 Å². The fourth-order valence-electron chi connectivity index (χ4n) is 1.42. The molecule has 1 rings (SSSR count). The van der Waals surface area contributed by atoms with Gasteiger partial charge in [-0.3, -0.25) is 10.6 Å². The molecule has 0 aromatic heterocycles. The van der Waals surface area contributed by atoms with Gasteiger partial charge in [0, 0.05) is 6.54 Å². The molecular weight excluding hydrogens is 142 g/mol. The molecule has 1 heterocycles. The van der Waals surface area contributed by atoms with Gasteiger partial charge in [0.15, 0.2) is 11.3 Å². The Morgan fingerprint density at radius 1 is 1.82 bits per heavy atom. The Kier molecular flexibility index (Phi) is 1.94. The van der Waals surface area contributed by atoms with E-state index in [1.165, 1.54) is 11.9 Å². The van der Waals surface area contributed by atoms with Gasteiger partial charge in [-0.15, -0.1) is 0 Å². The van der Waals surface area contributed by atoms with Gasteiger partial charge in [0.05, 0.1) is 6.07 Å². The summed E-state index contributed by atoms with van der Waals surface area (Å²) in [6.07, 6.45) is 1.39. The van der Waals surface area contributed by atoms with E-state index in [1.807, 2.05) is 6.07 Å². The van der Waals surface area contributed by atoms with E-state index in [0.717, 1.165) is 6.42 Å². The molecule has 4 heteroatoms. The predicted molar refractivity (Wildman–Crippen MR) is 39.2 cm³/mol. The molecule has 1 atom stereocenters. The summed E-state index contributed by atoms with van der Waals surface area (Å²) in [7, 11) is 0. The van der Waals surface area contributed by atoms with E-state index < -0.39 is 5.54 Å². The van der Waals surface area contributed by atoms with Gasteiger partial charge in [-0.25, -0.2) is 5.01 Å². The third kappa shape index (κ3) is 1.02. The van der Waals surface area contributed by atoms with Crippen LogP contribution in [0.4, 0.5) is 0 Å². The fraction of sp³-hybridized carbons (Fsp3) is 0.714. The lowest BCUT2D eigenvalue weighted by Crippen LogP contribution is -2.52. The second-order valence-electron chi connectivity index (χ2n) is 2.83. The lowest BCUT2D eigenvalue weighted by molar-refractivity contribution is -0.124. The summed E-state index contributed by atoms with van der Waals surface area (Å²) >= 11 is 0. The van der Waals surface area contributed by atoms with Gasteiger partial charge in [-0.2, -0.15) is 5.26 Å². The Bertz CT molecular complexity index is 220. The number of nitrogens with two attached hydrogens (primary N) is 1. The zero-order chi connectivity index (χ0) is 8.48. The maximum Gasteiger partial charge on any atom is 0.179 e. The summed E-state index contributed by atoms with van der Waals surface area (Å²) in [6.45, 7) is 2.04. The van der Waals surface area contributed by atoms with E-state index >= 15 is 0 Å². The minimum Gasteiger partial charge on any atom is -0.297 e. The van der Waals surface area contributed by atoms with Crippen molar-refractivity contribution < 1.29 is 4.79 Å². The Morgan fingerprint density at radius 3 is 2.64 bits per heavy atom. The highest BCUT2D eigenvalue weighted by Gasteiger charge is 2.44. The summed E-state index contributed by atoms with van der Waals surface area (Å²) in [5.74, 6) is 5.36. The normalized spacial score (nSPS) is 31.7. The fourth-order valence-corrected chi connectivity index (χ4v) is 1.42. The first-order valence-electron chi connectivity index (χ1n) is 3.58. The van der Waals surface area contributed by atoms with Crippen LogP contribution in [0, 0.1) is 11.3 Å². The van der Waals surface area contributed by atoms with Crippen molar-refractivity contribution in [3.05, 3.63) is 0 Å². The summed E-state index contributed by atoms with van der Waals surface area (Å²) in [4.78, 5) is 11.1. The van der Waals surface area contributed by atoms with E-state index in [0.29, 0.717) is 13.0 Å². The van der Waals surface area contributed by atoms with E-state index in [2.05, 4.69) is 0 Å². The molecule has 0 bridgehead atoms. The molecule has 1 fully saturated rings. The number of nitriles is 1. The SMILES string of the molecule is CC(=O)C1(C#N)CCCN1N. The summed E-state index contributed by atoms with van der Waals surface area (Å²) in [5.41, 5.74) is -1.03. The molecule has 1 aliphatic heterocycles. The highest BCUT2D eigenvalue weighted by molar-refractivity contribution is 5.89. The van der Waals surface area contributed by atoms with Crippen LogP contribution in [0.1, 0.15) is 19.8 Å². The molecular formula is C7H11N3O. The summed E-state index contributed by atoms with van der Waals surface area (Å²) in [5, 5.41) is 10.1. The zero-order valence-corrected chi connectivity index (χ0v) is 6.50. The van der Waals surface area contributed by atoms with Crippen molar-refractivity contribution in [1.29, 1.82) is 5.26 Å². The van der Waals surface area contributed by atoms with Crippen LogP contribution in [0.5, 0.6) is 0 Å². The van der Waals surface area contributed by atoms with E-state index in [1.54, 1.807) is 0 Å². The predicted octanol–water partition coefficient (Wildman–Crippen LogP) is -0.193. The monoisotopic (exact) mass is 153 g/mol. The van der Waals surface area contributed by atoms with Gasteiger partial charge in [0.2, 0.25) is 0 Å². The molecule has 0 saturated carbocycles. The first-order valence-corrected chi connectivity index (χ1v) is 3.58. The molecule has 11 heavy (non-hydrogen) atoms. The lowest BCUT2D eigenvalue weighted by Gasteiger charge is -2.24. The van der Waals surface area contributed by atoms with Crippen molar-refractivity contribution in [1.82, 2.24) is 5.01 Å². The molecule has 0 aromatic rings. The number of nitrogens with zero attached hydrogens (tertiary/aromatic N) is 2. The van der Waals surface area contributed by atoms with Crippen LogP contribution in [0.25, 0.3) is 0 Å². The topological polar surface area (TPSA) is 70.1 Å². The van der Waals surface area contributed by atoms with Gasteiger partial charge in [0.25, 0.3) is 0 Å². The molecule has 1 aliphatic rings. The average molecular weight is 153 g/mol. The number of hydrazine groups is 1. The van der Waals surface area contributed by atoms with Crippen LogP contribution >= 0.6 is 0 Å². The third-order valence-electron chi connectivity index (χ3n) is 2.20. The van der Waals surface area contributed by atoms with Crippen molar-refractivity contribution >= 4 is 5.78 Å². The van der Waals surface area contributed by atoms with Crippen LogP contribution in [-0.4, -0.2) is 22.9 Å². The molecule has 1 unspecified atom stereocenters. The number of hydrogen-bond acceptors (Lipinski definition) is 4. The first-order chi connectivity index (χ1) is 5.13. The van der Waals surface area contributed by atoms with Gasteiger partial charge in [-0.05, 0) is 19.8 Å². The molecule has 60 valence electrons. The Balaban J connectivity index is 2.93.